The first-order chi connectivity index (χ1) is 13.5. The molecule has 0 aliphatic heterocycles. The highest BCUT2D eigenvalue weighted by atomic mass is 35.5. The molecule has 0 fully saturated rings. The lowest BCUT2D eigenvalue weighted by Crippen LogP contribution is -2.15. The highest BCUT2D eigenvalue weighted by Gasteiger charge is 2.16. The van der Waals surface area contributed by atoms with Gasteiger partial charge in [-0.1, -0.05) is 60.1 Å². The zero-order valence-electron chi connectivity index (χ0n) is 16.2. The maximum atomic E-state index is 12.4. The summed E-state index contributed by atoms with van der Waals surface area (Å²) in [6, 6.07) is 13.8. The maximum absolute atomic E-state index is 12.4. The second kappa shape index (κ2) is 9.26. The van der Waals surface area contributed by atoms with E-state index in [4.69, 9.17) is 11.6 Å². The lowest BCUT2D eigenvalue weighted by atomic mass is 10.1. The number of nitrogens with zero attached hydrogens (tertiary/aromatic N) is 3. The number of aromatic nitrogens is 3. The zero-order valence-corrected chi connectivity index (χ0v) is 17.8. The van der Waals surface area contributed by atoms with Crippen molar-refractivity contribution < 1.29 is 4.79 Å². The van der Waals surface area contributed by atoms with Crippen molar-refractivity contribution in [2.75, 3.05) is 11.1 Å². The van der Waals surface area contributed by atoms with Crippen LogP contribution in [-0.2, 0) is 11.3 Å². The molecule has 0 spiro atoms. The van der Waals surface area contributed by atoms with Gasteiger partial charge in [-0.25, -0.2) is 0 Å². The van der Waals surface area contributed by atoms with Gasteiger partial charge in [-0.15, -0.1) is 10.2 Å². The molecular weight excluding hydrogens is 392 g/mol. The van der Waals surface area contributed by atoms with Crippen LogP contribution < -0.4 is 5.32 Å². The lowest BCUT2D eigenvalue weighted by molar-refractivity contribution is -0.113. The Morgan fingerprint density at radius 2 is 1.93 bits per heavy atom. The van der Waals surface area contributed by atoms with Gasteiger partial charge in [0.2, 0.25) is 5.91 Å². The molecule has 0 bridgehead atoms. The third-order valence-electron chi connectivity index (χ3n) is 4.17. The molecule has 3 rings (SSSR count). The van der Waals surface area contributed by atoms with Crippen molar-refractivity contribution in [2.45, 2.75) is 38.9 Å². The van der Waals surface area contributed by atoms with E-state index < -0.39 is 0 Å². The molecule has 1 aromatic heterocycles. The Kier molecular flexibility index (Phi) is 6.75. The minimum absolute atomic E-state index is 0.126. The second-order valence-corrected chi connectivity index (χ2v) is 8.00. The van der Waals surface area contributed by atoms with E-state index in [0.29, 0.717) is 10.7 Å². The van der Waals surface area contributed by atoms with Crippen LogP contribution in [0.3, 0.4) is 0 Å². The third-order valence-corrected chi connectivity index (χ3v) is 5.45. The van der Waals surface area contributed by atoms with Crippen molar-refractivity contribution >= 4 is 35.0 Å². The van der Waals surface area contributed by atoms with Crippen molar-refractivity contribution in [1.29, 1.82) is 0 Å². The van der Waals surface area contributed by atoms with Gasteiger partial charge >= 0.3 is 0 Å². The predicted molar refractivity (Wildman–Crippen MR) is 116 cm³/mol. The summed E-state index contributed by atoms with van der Waals surface area (Å²) < 4.78 is 2.07. The number of hydrogen-bond acceptors (Lipinski definition) is 4. The molecule has 0 aliphatic carbocycles. The molecule has 0 unspecified atom stereocenters. The summed E-state index contributed by atoms with van der Waals surface area (Å²) in [5.41, 5.74) is 3.87. The molecule has 0 saturated carbocycles. The van der Waals surface area contributed by atoms with Gasteiger partial charge in [-0.2, -0.15) is 0 Å². The summed E-state index contributed by atoms with van der Waals surface area (Å²) in [6.45, 7) is 6.92. The molecule has 0 atom stereocenters. The van der Waals surface area contributed by atoms with E-state index in [0.717, 1.165) is 35.1 Å². The summed E-state index contributed by atoms with van der Waals surface area (Å²) in [5.74, 6) is 0.939. The van der Waals surface area contributed by atoms with Gasteiger partial charge in [0.05, 0.1) is 16.5 Å². The molecule has 0 radical (unpaired) electrons. The fraction of sp³-hybridized carbons (Fsp3) is 0.286. The molecule has 5 nitrogen and oxygen atoms in total. The number of anilines is 1. The molecule has 1 N–H and O–H groups in total. The minimum Gasteiger partial charge on any atom is -0.324 e. The monoisotopic (exact) mass is 414 g/mol. The van der Waals surface area contributed by atoms with Crippen LogP contribution in [0, 0.1) is 13.8 Å². The van der Waals surface area contributed by atoms with Gasteiger partial charge in [-0.05, 0) is 44.0 Å². The Hall–Kier alpha value is -2.31. The molecule has 28 heavy (non-hydrogen) atoms. The molecule has 1 heterocycles. The Bertz CT molecular complexity index is 986. The zero-order chi connectivity index (χ0) is 20.1. The first-order valence-electron chi connectivity index (χ1n) is 9.17. The molecule has 146 valence electrons. The topological polar surface area (TPSA) is 59.8 Å². The van der Waals surface area contributed by atoms with Crippen molar-refractivity contribution in [3.05, 3.63) is 58.6 Å². The van der Waals surface area contributed by atoms with Crippen molar-refractivity contribution in [3.8, 4) is 11.4 Å². The summed E-state index contributed by atoms with van der Waals surface area (Å²) in [7, 11) is 0. The van der Waals surface area contributed by atoms with Gasteiger partial charge < -0.3 is 9.88 Å². The Morgan fingerprint density at radius 3 is 2.64 bits per heavy atom. The fourth-order valence-corrected chi connectivity index (χ4v) is 3.90. The number of halogens is 1. The number of rotatable bonds is 7. The minimum atomic E-state index is -0.126. The van der Waals surface area contributed by atoms with E-state index in [2.05, 4.69) is 46.1 Å². The van der Waals surface area contributed by atoms with Gasteiger partial charge in [0.15, 0.2) is 11.0 Å². The van der Waals surface area contributed by atoms with Crippen molar-refractivity contribution in [1.82, 2.24) is 14.8 Å². The predicted octanol–water partition coefficient (Wildman–Crippen LogP) is 5.36. The SMILES string of the molecule is CCCn1c(SCC(=O)Nc2ccc(C)cc2Cl)nnc1-c1cccc(C)c1. The molecule has 3 aromatic rings. The van der Waals surface area contributed by atoms with Crippen LogP contribution >= 0.6 is 23.4 Å². The Labute approximate surface area is 174 Å². The van der Waals surface area contributed by atoms with E-state index in [-0.39, 0.29) is 11.7 Å². The number of benzene rings is 2. The van der Waals surface area contributed by atoms with Gasteiger partial charge in [-0.3, -0.25) is 4.79 Å². The van der Waals surface area contributed by atoms with Crippen LogP contribution in [0.5, 0.6) is 0 Å². The highest BCUT2D eigenvalue weighted by molar-refractivity contribution is 7.99. The lowest BCUT2D eigenvalue weighted by Gasteiger charge is -2.10. The van der Waals surface area contributed by atoms with Gasteiger partial charge in [0.1, 0.15) is 0 Å². The van der Waals surface area contributed by atoms with E-state index in [9.17, 15) is 4.79 Å². The van der Waals surface area contributed by atoms with Crippen LogP contribution in [0.15, 0.2) is 47.6 Å². The Balaban J connectivity index is 1.72. The highest BCUT2D eigenvalue weighted by Crippen LogP contribution is 2.26. The number of carbonyl (C=O) groups is 1. The van der Waals surface area contributed by atoms with Crippen molar-refractivity contribution in [3.63, 3.8) is 0 Å². The van der Waals surface area contributed by atoms with Gasteiger partial charge in [0.25, 0.3) is 0 Å². The number of thioether (sulfide) groups is 1. The molecular formula is C21H23ClN4OS. The largest absolute Gasteiger partial charge is 0.324 e. The number of hydrogen-bond donors (Lipinski definition) is 1. The fourth-order valence-electron chi connectivity index (χ4n) is 2.86. The quantitative estimate of drug-likeness (QED) is 0.529. The normalized spacial score (nSPS) is 10.9. The number of carbonyl (C=O) groups excluding carboxylic acids is 1. The molecule has 7 heteroatoms. The molecule has 0 aliphatic rings. The molecule has 0 saturated heterocycles. The van der Waals surface area contributed by atoms with Crippen molar-refractivity contribution in [2.24, 2.45) is 0 Å². The van der Waals surface area contributed by atoms with Crippen LogP contribution in [-0.4, -0.2) is 26.4 Å². The van der Waals surface area contributed by atoms with E-state index >= 15 is 0 Å². The first-order valence-corrected chi connectivity index (χ1v) is 10.5. The summed E-state index contributed by atoms with van der Waals surface area (Å²) in [4.78, 5) is 12.4. The maximum Gasteiger partial charge on any atom is 0.234 e. The third kappa shape index (κ3) is 4.94. The second-order valence-electron chi connectivity index (χ2n) is 6.65. The summed E-state index contributed by atoms with van der Waals surface area (Å²) >= 11 is 7.57. The number of amides is 1. The van der Waals surface area contributed by atoms with E-state index in [1.807, 2.05) is 37.3 Å². The van der Waals surface area contributed by atoms with Gasteiger partial charge in [0, 0.05) is 12.1 Å². The number of aryl methyl sites for hydroxylation is 2. The Morgan fingerprint density at radius 1 is 1.14 bits per heavy atom. The van der Waals surface area contributed by atoms with E-state index in [1.54, 1.807) is 0 Å². The standard InChI is InChI=1S/C21H23ClN4OS/c1-4-10-26-20(16-7-5-6-14(2)11-16)24-25-21(26)28-13-19(27)23-18-9-8-15(3)12-17(18)22/h5-9,11-12H,4,10,13H2,1-3H3,(H,23,27). The average molecular weight is 415 g/mol. The van der Waals surface area contributed by atoms with Crippen LogP contribution in [0.4, 0.5) is 5.69 Å². The first kappa shape index (κ1) is 20.4. The molecule has 1 amide bonds. The van der Waals surface area contributed by atoms with Crippen LogP contribution in [0.25, 0.3) is 11.4 Å². The summed E-state index contributed by atoms with van der Waals surface area (Å²) in [5, 5.41) is 12.8. The number of nitrogens with one attached hydrogen (secondary N) is 1. The van der Waals surface area contributed by atoms with Crippen LogP contribution in [0.2, 0.25) is 5.02 Å². The molecule has 2 aromatic carbocycles. The van der Waals surface area contributed by atoms with E-state index in [1.165, 1.54) is 17.3 Å². The summed E-state index contributed by atoms with van der Waals surface area (Å²) in [6.07, 6.45) is 0.954. The van der Waals surface area contributed by atoms with Crippen LogP contribution in [0.1, 0.15) is 24.5 Å². The average Bonchev–Trinajstić information content (AvgIpc) is 3.05. The smallest absolute Gasteiger partial charge is 0.234 e.